The first-order valence-corrected chi connectivity index (χ1v) is 9.32. The highest BCUT2D eigenvalue weighted by molar-refractivity contribution is 5.84. The van der Waals surface area contributed by atoms with Gasteiger partial charge in [-0.2, -0.15) is 0 Å². The molecule has 2 amide bonds. The first-order valence-electron chi connectivity index (χ1n) is 9.32. The Labute approximate surface area is 154 Å². The van der Waals surface area contributed by atoms with Crippen molar-refractivity contribution in [1.82, 2.24) is 9.80 Å². The molecule has 26 heavy (non-hydrogen) atoms. The van der Waals surface area contributed by atoms with Gasteiger partial charge in [0.15, 0.2) is 11.5 Å². The van der Waals surface area contributed by atoms with Crippen LogP contribution in [0.15, 0.2) is 18.2 Å². The van der Waals surface area contributed by atoms with Crippen LogP contribution in [-0.2, 0) is 9.59 Å². The lowest BCUT2D eigenvalue weighted by Crippen LogP contribution is -2.53. The second kappa shape index (κ2) is 6.18. The quantitative estimate of drug-likeness (QED) is 0.814. The summed E-state index contributed by atoms with van der Waals surface area (Å²) < 4.78 is 10.8. The Balaban J connectivity index is 1.33. The Hall–Kier alpha value is -2.24. The van der Waals surface area contributed by atoms with E-state index in [2.05, 4.69) is 0 Å². The molecule has 1 aromatic carbocycles. The monoisotopic (exact) mass is 358 g/mol. The topological polar surface area (TPSA) is 59.1 Å². The maximum absolute atomic E-state index is 12.8. The number of hydrogen-bond donors (Lipinski definition) is 0. The zero-order chi connectivity index (χ0) is 18.5. The van der Waals surface area contributed by atoms with Crippen molar-refractivity contribution in [2.24, 2.45) is 11.3 Å². The fourth-order valence-electron chi connectivity index (χ4n) is 3.82. The molecular formula is C20H26N2O4. The van der Waals surface area contributed by atoms with Crippen molar-refractivity contribution in [1.29, 1.82) is 0 Å². The number of ether oxygens (including phenoxy) is 2. The minimum Gasteiger partial charge on any atom is -0.454 e. The van der Waals surface area contributed by atoms with Crippen LogP contribution in [0.4, 0.5) is 0 Å². The molecule has 0 N–H and O–H groups in total. The van der Waals surface area contributed by atoms with Gasteiger partial charge in [-0.15, -0.1) is 0 Å². The van der Waals surface area contributed by atoms with Crippen LogP contribution in [0.1, 0.15) is 38.7 Å². The summed E-state index contributed by atoms with van der Waals surface area (Å²) in [6.45, 7) is 8.60. The Morgan fingerprint density at radius 3 is 2.35 bits per heavy atom. The lowest BCUT2D eigenvalue weighted by Gasteiger charge is -2.37. The third kappa shape index (κ3) is 3.13. The van der Waals surface area contributed by atoms with Crippen molar-refractivity contribution >= 4 is 11.8 Å². The first kappa shape index (κ1) is 17.2. The molecule has 0 spiro atoms. The Morgan fingerprint density at radius 2 is 1.65 bits per heavy atom. The molecule has 0 radical (unpaired) electrons. The summed E-state index contributed by atoms with van der Waals surface area (Å²) in [5.41, 5.74) is 0.779. The average Bonchev–Trinajstić information content (AvgIpc) is 3.29. The maximum atomic E-state index is 12.8. The van der Waals surface area contributed by atoms with Gasteiger partial charge in [0.2, 0.25) is 18.6 Å². The number of nitrogens with zero attached hydrogens (tertiary/aromatic N) is 2. The molecule has 4 rings (SSSR count). The van der Waals surface area contributed by atoms with Crippen LogP contribution in [0.3, 0.4) is 0 Å². The number of carbonyl (C=O) groups excluding carboxylic acids is 2. The molecule has 3 aliphatic rings. The van der Waals surface area contributed by atoms with Crippen LogP contribution < -0.4 is 9.47 Å². The molecule has 1 saturated heterocycles. The highest BCUT2D eigenvalue weighted by atomic mass is 16.7. The molecule has 0 aromatic heterocycles. The lowest BCUT2D eigenvalue weighted by molar-refractivity contribution is -0.145. The van der Waals surface area contributed by atoms with Gasteiger partial charge in [0.25, 0.3) is 0 Å². The molecule has 2 unspecified atom stereocenters. The normalized spacial score (nSPS) is 24.6. The fourth-order valence-corrected chi connectivity index (χ4v) is 3.82. The van der Waals surface area contributed by atoms with Crippen molar-refractivity contribution in [2.45, 2.75) is 33.1 Å². The van der Waals surface area contributed by atoms with Gasteiger partial charge in [0, 0.05) is 37.5 Å². The number of rotatable bonds is 2. The predicted octanol–water partition coefficient (Wildman–Crippen LogP) is 2.24. The maximum Gasteiger partial charge on any atom is 0.231 e. The minimum atomic E-state index is -0.368. The molecule has 1 aromatic rings. The Morgan fingerprint density at radius 1 is 1.00 bits per heavy atom. The summed E-state index contributed by atoms with van der Waals surface area (Å²) in [6.07, 6.45) is 0.889. The van der Waals surface area contributed by atoms with Crippen LogP contribution in [0, 0.1) is 11.3 Å². The summed E-state index contributed by atoms with van der Waals surface area (Å²) in [6, 6.07) is 5.96. The molecule has 0 bridgehead atoms. The lowest BCUT2D eigenvalue weighted by atomic mass is 9.94. The highest BCUT2D eigenvalue weighted by Crippen LogP contribution is 2.50. The minimum absolute atomic E-state index is 0.0558. The molecule has 2 aliphatic heterocycles. The molecule has 1 aliphatic carbocycles. The molecule has 140 valence electrons. The van der Waals surface area contributed by atoms with E-state index in [0.717, 1.165) is 23.5 Å². The zero-order valence-corrected chi connectivity index (χ0v) is 15.7. The summed E-state index contributed by atoms with van der Waals surface area (Å²) in [5, 5.41) is 0. The van der Waals surface area contributed by atoms with Gasteiger partial charge in [0.05, 0.1) is 0 Å². The van der Waals surface area contributed by atoms with Crippen molar-refractivity contribution in [3.8, 4) is 11.5 Å². The van der Waals surface area contributed by atoms with E-state index < -0.39 is 0 Å². The van der Waals surface area contributed by atoms with E-state index in [0.29, 0.717) is 26.2 Å². The number of benzene rings is 1. The van der Waals surface area contributed by atoms with Crippen molar-refractivity contribution in [2.75, 3.05) is 33.0 Å². The summed E-state index contributed by atoms with van der Waals surface area (Å²) >= 11 is 0. The Bertz CT molecular complexity index is 732. The molecule has 1 saturated carbocycles. The van der Waals surface area contributed by atoms with E-state index in [1.54, 1.807) is 0 Å². The smallest absolute Gasteiger partial charge is 0.231 e. The van der Waals surface area contributed by atoms with Gasteiger partial charge in [-0.25, -0.2) is 0 Å². The number of fused-ring (bicyclic) bond motifs is 1. The third-order valence-electron chi connectivity index (χ3n) is 5.45. The summed E-state index contributed by atoms with van der Waals surface area (Å²) in [7, 11) is 0. The SMILES string of the molecule is CC(C)(C)C(=O)N1CCN(C(=O)C2CC2c2ccc3c(c2)OCO3)CC1. The number of piperazine rings is 1. The molecule has 6 heteroatoms. The van der Waals surface area contributed by atoms with E-state index in [1.807, 2.05) is 48.8 Å². The number of amides is 2. The van der Waals surface area contributed by atoms with Gasteiger partial charge >= 0.3 is 0 Å². The van der Waals surface area contributed by atoms with Crippen molar-refractivity contribution in [3.63, 3.8) is 0 Å². The van der Waals surface area contributed by atoms with Gasteiger partial charge < -0.3 is 19.3 Å². The van der Waals surface area contributed by atoms with E-state index >= 15 is 0 Å². The predicted molar refractivity (Wildman–Crippen MR) is 96.0 cm³/mol. The molecule has 6 nitrogen and oxygen atoms in total. The zero-order valence-electron chi connectivity index (χ0n) is 15.7. The second-order valence-electron chi connectivity index (χ2n) is 8.43. The summed E-state index contributed by atoms with van der Waals surface area (Å²) in [4.78, 5) is 29.0. The van der Waals surface area contributed by atoms with E-state index in [-0.39, 0.29) is 35.9 Å². The second-order valence-corrected chi connectivity index (χ2v) is 8.43. The standard InChI is InChI=1S/C20H26N2O4/c1-20(2,3)19(24)22-8-6-21(7-9-22)18(23)15-11-14(15)13-4-5-16-17(10-13)26-12-25-16/h4-5,10,14-15H,6-9,11-12H2,1-3H3. The fraction of sp³-hybridized carbons (Fsp3) is 0.600. The van der Waals surface area contributed by atoms with Crippen LogP contribution >= 0.6 is 0 Å². The average molecular weight is 358 g/mol. The van der Waals surface area contributed by atoms with Crippen LogP contribution in [0.5, 0.6) is 11.5 Å². The third-order valence-corrected chi connectivity index (χ3v) is 5.45. The van der Waals surface area contributed by atoms with Crippen LogP contribution in [0.25, 0.3) is 0 Å². The van der Waals surface area contributed by atoms with E-state index in [1.165, 1.54) is 0 Å². The largest absolute Gasteiger partial charge is 0.454 e. The first-order chi connectivity index (χ1) is 12.3. The van der Waals surface area contributed by atoms with E-state index in [4.69, 9.17) is 9.47 Å². The highest BCUT2D eigenvalue weighted by Gasteiger charge is 2.46. The summed E-state index contributed by atoms with van der Waals surface area (Å²) in [5.74, 6) is 2.25. The van der Waals surface area contributed by atoms with Gasteiger partial charge in [-0.3, -0.25) is 9.59 Å². The number of hydrogen-bond acceptors (Lipinski definition) is 4. The van der Waals surface area contributed by atoms with Gasteiger partial charge in [-0.1, -0.05) is 26.8 Å². The Kier molecular flexibility index (Phi) is 4.09. The van der Waals surface area contributed by atoms with Crippen molar-refractivity contribution < 1.29 is 19.1 Å². The van der Waals surface area contributed by atoms with Gasteiger partial charge in [0.1, 0.15) is 0 Å². The van der Waals surface area contributed by atoms with Crippen LogP contribution in [0.2, 0.25) is 0 Å². The van der Waals surface area contributed by atoms with E-state index in [9.17, 15) is 9.59 Å². The van der Waals surface area contributed by atoms with Crippen LogP contribution in [-0.4, -0.2) is 54.6 Å². The molecule has 2 atom stereocenters. The van der Waals surface area contributed by atoms with Crippen molar-refractivity contribution in [3.05, 3.63) is 23.8 Å². The number of carbonyl (C=O) groups is 2. The molecular weight excluding hydrogens is 332 g/mol. The molecule has 2 fully saturated rings. The van der Waals surface area contributed by atoms with Gasteiger partial charge in [-0.05, 0) is 30.0 Å². The molecule has 2 heterocycles.